The summed E-state index contributed by atoms with van der Waals surface area (Å²) in [4.78, 5) is 12.0. The highest BCUT2D eigenvalue weighted by Crippen LogP contribution is 2.36. The van der Waals surface area contributed by atoms with Crippen molar-refractivity contribution >= 4 is 23.2 Å². The van der Waals surface area contributed by atoms with Crippen molar-refractivity contribution in [3.63, 3.8) is 0 Å². The summed E-state index contributed by atoms with van der Waals surface area (Å²) in [5.41, 5.74) is -0.755. The fraction of sp³-hybridized carbons (Fsp3) is 0.222. The molecule has 2 rings (SSSR count). The zero-order valence-electron chi connectivity index (χ0n) is 14.1. The van der Waals surface area contributed by atoms with E-state index in [4.69, 9.17) is 26.3 Å². The number of halogens is 4. The summed E-state index contributed by atoms with van der Waals surface area (Å²) < 4.78 is 49.3. The average Bonchev–Trinajstić information content (AvgIpc) is 2.61. The van der Waals surface area contributed by atoms with E-state index in [1.165, 1.54) is 24.3 Å². The summed E-state index contributed by atoms with van der Waals surface area (Å²) in [5.74, 6) is -0.148. The van der Waals surface area contributed by atoms with Gasteiger partial charge in [0.05, 0.1) is 28.8 Å². The molecule has 0 fully saturated rings. The van der Waals surface area contributed by atoms with Crippen molar-refractivity contribution in [3.8, 4) is 17.6 Å². The number of amides is 1. The Hall–Kier alpha value is -2.92. The van der Waals surface area contributed by atoms with Gasteiger partial charge >= 0.3 is 6.18 Å². The number of anilines is 1. The van der Waals surface area contributed by atoms with Gasteiger partial charge in [-0.25, -0.2) is 0 Å². The van der Waals surface area contributed by atoms with Crippen molar-refractivity contribution in [3.05, 3.63) is 52.5 Å². The molecule has 2 aromatic rings. The molecule has 1 amide bonds. The number of nitrogens with zero attached hydrogens (tertiary/aromatic N) is 1. The standard InChI is InChI=1S/C18H14ClF3N2O3/c1-2-26-16-7-11(9-23)3-6-15(16)27-10-17(25)24-12-4-5-14(19)13(8-12)18(20,21)22/h3-8H,2,10H2,1H3,(H,24,25). The van der Waals surface area contributed by atoms with Crippen molar-refractivity contribution < 1.29 is 27.4 Å². The summed E-state index contributed by atoms with van der Waals surface area (Å²) in [5, 5.41) is 10.8. The van der Waals surface area contributed by atoms with Gasteiger partial charge in [-0.05, 0) is 37.3 Å². The number of nitriles is 1. The molecule has 0 radical (unpaired) electrons. The normalized spacial score (nSPS) is 10.8. The number of alkyl halides is 3. The lowest BCUT2D eigenvalue weighted by Gasteiger charge is -2.13. The molecule has 0 bridgehead atoms. The quantitative estimate of drug-likeness (QED) is 0.769. The molecule has 0 aliphatic rings. The Morgan fingerprint density at radius 1 is 1.19 bits per heavy atom. The van der Waals surface area contributed by atoms with Crippen molar-refractivity contribution in [2.24, 2.45) is 0 Å². The van der Waals surface area contributed by atoms with Crippen LogP contribution in [0.4, 0.5) is 18.9 Å². The van der Waals surface area contributed by atoms with Gasteiger partial charge in [-0.1, -0.05) is 11.6 Å². The van der Waals surface area contributed by atoms with Crippen LogP contribution in [0.15, 0.2) is 36.4 Å². The van der Waals surface area contributed by atoms with Gasteiger partial charge in [0, 0.05) is 11.8 Å². The Morgan fingerprint density at radius 3 is 2.56 bits per heavy atom. The third-order valence-corrected chi connectivity index (χ3v) is 3.62. The van der Waals surface area contributed by atoms with Gasteiger partial charge in [-0.2, -0.15) is 18.4 Å². The molecule has 0 aliphatic carbocycles. The van der Waals surface area contributed by atoms with Crippen molar-refractivity contribution in [1.29, 1.82) is 5.26 Å². The van der Waals surface area contributed by atoms with E-state index in [0.717, 1.165) is 12.1 Å². The third-order valence-electron chi connectivity index (χ3n) is 3.29. The third kappa shape index (κ3) is 5.53. The highest BCUT2D eigenvalue weighted by atomic mass is 35.5. The van der Waals surface area contributed by atoms with Gasteiger partial charge in [0.1, 0.15) is 0 Å². The lowest BCUT2D eigenvalue weighted by atomic mass is 10.2. The molecule has 0 unspecified atom stereocenters. The lowest BCUT2D eigenvalue weighted by molar-refractivity contribution is -0.137. The topological polar surface area (TPSA) is 71.3 Å². The molecule has 9 heteroatoms. The Morgan fingerprint density at radius 2 is 1.93 bits per heavy atom. The minimum Gasteiger partial charge on any atom is -0.490 e. The molecule has 142 valence electrons. The van der Waals surface area contributed by atoms with Crippen LogP contribution in [0, 0.1) is 11.3 Å². The minimum absolute atomic E-state index is 0.0646. The number of nitrogens with one attached hydrogen (secondary N) is 1. The van der Waals surface area contributed by atoms with E-state index < -0.39 is 29.3 Å². The largest absolute Gasteiger partial charge is 0.490 e. The molecule has 0 aliphatic heterocycles. The number of hydrogen-bond donors (Lipinski definition) is 1. The summed E-state index contributed by atoms with van der Waals surface area (Å²) in [7, 11) is 0. The van der Waals surface area contributed by atoms with E-state index in [2.05, 4.69) is 5.32 Å². The van der Waals surface area contributed by atoms with Crippen molar-refractivity contribution in [2.45, 2.75) is 13.1 Å². The van der Waals surface area contributed by atoms with E-state index >= 15 is 0 Å². The van der Waals surface area contributed by atoms with Gasteiger partial charge in [-0.3, -0.25) is 4.79 Å². The number of carbonyl (C=O) groups is 1. The van der Waals surface area contributed by atoms with Crippen LogP contribution in [0.3, 0.4) is 0 Å². The number of ether oxygens (including phenoxy) is 2. The first kappa shape index (κ1) is 20.4. The average molecular weight is 399 g/mol. The summed E-state index contributed by atoms with van der Waals surface area (Å²) >= 11 is 5.54. The van der Waals surface area contributed by atoms with Crippen LogP contribution in [0.1, 0.15) is 18.1 Å². The van der Waals surface area contributed by atoms with Gasteiger partial charge in [0.25, 0.3) is 5.91 Å². The molecule has 0 saturated carbocycles. The Labute approximate surface area is 158 Å². The second-order valence-electron chi connectivity index (χ2n) is 5.24. The predicted molar refractivity (Wildman–Crippen MR) is 92.9 cm³/mol. The molecule has 0 saturated heterocycles. The molecule has 0 heterocycles. The van der Waals surface area contributed by atoms with Crippen LogP contribution >= 0.6 is 11.6 Å². The highest BCUT2D eigenvalue weighted by molar-refractivity contribution is 6.31. The van der Waals surface area contributed by atoms with Gasteiger partial charge in [0.15, 0.2) is 18.1 Å². The monoisotopic (exact) mass is 398 g/mol. The van der Waals surface area contributed by atoms with Crippen LogP contribution < -0.4 is 14.8 Å². The summed E-state index contributed by atoms with van der Waals surface area (Å²) in [6.07, 6.45) is -4.64. The minimum atomic E-state index is -4.64. The first-order valence-corrected chi connectivity index (χ1v) is 8.08. The number of benzene rings is 2. The number of rotatable bonds is 6. The van der Waals surface area contributed by atoms with Crippen LogP contribution in [-0.4, -0.2) is 19.1 Å². The van der Waals surface area contributed by atoms with Crippen LogP contribution in [0.2, 0.25) is 5.02 Å². The van der Waals surface area contributed by atoms with E-state index in [1.54, 1.807) is 6.92 Å². The molecule has 0 spiro atoms. The fourth-order valence-corrected chi connectivity index (χ4v) is 2.35. The molecular weight excluding hydrogens is 385 g/mol. The van der Waals surface area contributed by atoms with Crippen LogP contribution in [0.5, 0.6) is 11.5 Å². The maximum atomic E-state index is 12.9. The van der Waals surface area contributed by atoms with Crippen molar-refractivity contribution in [2.75, 3.05) is 18.5 Å². The summed E-state index contributed by atoms with van der Waals surface area (Å²) in [6.45, 7) is 1.60. The highest BCUT2D eigenvalue weighted by Gasteiger charge is 2.33. The predicted octanol–water partition coefficient (Wildman–Crippen LogP) is 4.65. The van der Waals surface area contributed by atoms with Gasteiger partial charge in [-0.15, -0.1) is 0 Å². The first-order chi connectivity index (χ1) is 12.7. The maximum Gasteiger partial charge on any atom is 0.417 e. The van der Waals surface area contributed by atoms with Gasteiger partial charge < -0.3 is 14.8 Å². The second-order valence-corrected chi connectivity index (χ2v) is 5.64. The first-order valence-electron chi connectivity index (χ1n) is 7.71. The maximum absolute atomic E-state index is 12.9. The van der Waals surface area contributed by atoms with E-state index in [1.807, 2.05) is 6.07 Å². The molecular formula is C18H14ClF3N2O3. The molecule has 27 heavy (non-hydrogen) atoms. The molecule has 1 N–H and O–H groups in total. The Bertz CT molecular complexity index is 879. The molecule has 0 atom stereocenters. The number of carbonyl (C=O) groups excluding carboxylic acids is 1. The lowest BCUT2D eigenvalue weighted by Crippen LogP contribution is -2.20. The van der Waals surface area contributed by atoms with Gasteiger partial charge in [0.2, 0.25) is 0 Å². The Balaban J connectivity index is 2.06. The Kier molecular flexibility index (Phi) is 6.53. The van der Waals surface area contributed by atoms with Crippen LogP contribution in [-0.2, 0) is 11.0 Å². The van der Waals surface area contributed by atoms with E-state index in [9.17, 15) is 18.0 Å². The van der Waals surface area contributed by atoms with E-state index in [0.29, 0.717) is 12.2 Å². The smallest absolute Gasteiger partial charge is 0.417 e. The summed E-state index contributed by atoms with van der Waals surface area (Å²) in [6, 6.07) is 9.43. The fourth-order valence-electron chi connectivity index (χ4n) is 2.13. The second kappa shape index (κ2) is 8.64. The zero-order valence-corrected chi connectivity index (χ0v) is 14.8. The van der Waals surface area contributed by atoms with E-state index in [-0.39, 0.29) is 17.2 Å². The SMILES string of the molecule is CCOc1cc(C#N)ccc1OCC(=O)Nc1ccc(Cl)c(C(F)(F)F)c1. The molecule has 2 aromatic carbocycles. The zero-order chi connectivity index (χ0) is 20.0. The molecule has 0 aromatic heterocycles. The molecule has 5 nitrogen and oxygen atoms in total. The van der Waals surface area contributed by atoms with Crippen molar-refractivity contribution in [1.82, 2.24) is 0 Å². The van der Waals surface area contributed by atoms with Crippen LogP contribution in [0.25, 0.3) is 0 Å². The number of hydrogen-bond acceptors (Lipinski definition) is 4.